The molecule has 1 fully saturated rings. The topological polar surface area (TPSA) is 48.7 Å². The quantitative estimate of drug-likeness (QED) is 0.351. The zero-order valence-corrected chi connectivity index (χ0v) is 18.3. The molecule has 0 saturated heterocycles. The Morgan fingerprint density at radius 2 is 1.91 bits per heavy atom. The Balaban J connectivity index is 1.57. The minimum atomic E-state index is -0.519. The van der Waals surface area contributed by atoms with E-state index in [4.69, 9.17) is 14.5 Å². The van der Waals surface area contributed by atoms with Crippen molar-refractivity contribution in [3.8, 4) is 22.8 Å². The van der Waals surface area contributed by atoms with Gasteiger partial charge >= 0.3 is 0 Å². The molecule has 164 valence electrons. The predicted octanol–water partition coefficient (Wildman–Crippen LogP) is 6.17. The number of hydrogen-bond acceptors (Lipinski definition) is 4. The van der Waals surface area contributed by atoms with Gasteiger partial charge in [-0.1, -0.05) is 36.8 Å². The van der Waals surface area contributed by atoms with E-state index in [9.17, 15) is 4.39 Å². The number of benzene rings is 2. The molecule has 1 aliphatic carbocycles. The molecule has 0 amide bonds. The molecule has 4 aromatic rings. The van der Waals surface area contributed by atoms with Gasteiger partial charge in [-0.3, -0.25) is 4.40 Å². The fraction of sp³-hybridized carbons (Fsp3) is 0.308. The molecule has 5 nitrogen and oxygen atoms in total. The van der Waals surface area contributed by atoms with Crippen LogP contribution in [0.25, 0.3) is 16.8 Å². The number of nitrogens with zero attached hydrogens (tertiary/aromatic N) is 3. The Bertz CT molecular complexity index is 1230. The SMILES string of the molecule is CC(C)Oc1ccc(-c2nc(C3CCC3)n3ccnc(F)c23)cc1OCc1ccccc1. The molecule has 2 aromatic carbocycles. The van der Waals surface area contributed by atoms with Crippen LogP contribution in [0.2, 0.25) is 0 Å². The van der Waals surface area contributed by atoms with Gasteiger partial charge in [0.25, 0.3) is 0 Å². The summed E-state index contributed by atoms with van der Waals surface area (Å²) in [6, 6.07) is 15.6. The van der Waals surface area contributed by atoms with Crippen LogP contribution >= 0.6 is 0 Å². The van der Waals surface area contributed by atoms with Gasteiger partial charge in [0.1, 0.15) is 23.6 Å². The summed E-state index contributed by atoms with van der Waals surface area (Å²) in [4.78, 5) is 8.76. The number of imidazole rings is 1. The number of halogens is 1. The fourth-order valence-corrected chi connectivity index (χ4v) is 4.04. The van der Waals surface area contributed by atoms with Crippen LogP contribution in [0.15, 0.2) is 60.9 Å². The summed E-state index contributed by atoms with van der Waals surface area (Å²) in [6.45, 7) is 4.36. The minimum Gasteiger partial charge on any atom is -0.487 e. The van der Waals surface area contributed by atoms with Crippen molar-refractivity contribution in [1.29, 1.82) is 0 Å². The van der Waals surface area contributed by atoms with Gasteiger partial charge < -0.3 is 9.47 Å². The normalized spacial score (nSPS) is 14.0. The number of fused-ring (bicyclic) bond motifs is 1. The van der Waals surface area contributed by atoms with Crippen molar-refractivity contribution in [2.75, 3.05) is 0 Å². The summed E-state index contributed by atoms with van der Waals surface area (Å²) >= 11 is 0. The molecule has 6 heteroatoms. The number of hydrogen-bond donors (Lipinski definition) is 0. The Morgan fingerprint density at radius 1 is 1.09 bits per heavy atom. The highest BCUT2D eigenvalue weighted by Crippen LogP contribution is 2.40. The van der Waals surface area contributed by atoms with Crippen LogP contribution in [0.3, 0.4) is 0 Å². The highest BCUT2D eigenvalue weighted by Gasteiger charge is 2.27. The summed E-state index contributed by atoms with van der Waals surface area (Å²) < 4.78 is 28.8. The summed E-state index contributed by atoms with van der Waals surface area (Å²) in [7, 11) is 0. The maximum atomic E-state index is 14.8. The van der Waals surface area contributed by atoms with Crippen molar-refractivity contribution in [1.82, 2.24) is 14.4 Å². The fourth-order valence-electron chi connectivity index (χ4n) is 4.04. The van der Waals surface area contributed by atoms with Crippen molar-refractivity contribution in [2.45, 2.75) is 51.7 Å². The van der Waals surface area contributed by atoms with Gasteiger partial charge in [-0.05, 0) is 50.5 Å². The molecule has 0 N–H and O–H groups in total. The van der Waals surface area contributed by atoms with Crippen molar-refractivity contribution in [3.05, 3.63) is 78.3 Å². The smallest absolute Gasteiger partial charge is 0.239 e. The van der Waals surface area contributed by atoms with E-state index in [1.807, 2.05) is 66.8 Å². The maximum Gasteiger partial charge on any atom is 0.239 e. The lowest BCUT2D eigenvalue weighted by atomic mass is 9.85. The first-order valence-corrected chi connectivity index (χ1v) is 11.1. The highest BCUT2D eigenvalue weighted by atomic mass is 19.1. The molecule has 0 aliphatic heterocycles. The molecule has 2 aromatic heterocycles. The zero-order chi connectivity index (χ0) is 22.1. The van der Waals surface area contributed by atoms with Crippen molar-refractivity contribution >= 4 is 5.52 Å². The van der Waals surface area contributed by atoms with Crippen molar-refractivity contribution in [2.24, 2.45) is 0 Å². The lowest BCUT2D eigenvalue weighted by Crippen LogP contribution is -2.12. The number of rotatable bonds is 7. The standard InChI is InChI=1S/C26H26FN3O2/c1-17(2)32-21-12-11-20(15-22(21)31-16-18-7-4-3-5-8-18)23-24-25(27)28-13-14-30(24)26(29-23)19-9-6-10-19/h3-5,7-8,11-15,17,19H,6,9-10,16H2,1-2H3. The first-order valence-electron chi connectivity index (χ1n) is 11.1. The lowest BCUT2D eigenvalue weighted by Gasteiger charge is -2.23. The van der Waals surface area contributed by atoms with Gasteiger partial charge in [-0.2, -0.15) is 4.39 Å². The van der Waals surface area contributed by atoms with E-state index in [2.05, 4.69) is 4.98 Å². The summed E-state index contributed by atoms with van der Waals surface area (Å²) in [6.07, 6.45) is 6.63. The van der Waals surface area contributed by atoms with Gasteiger partial charge in [-0.25, -0.2) is 9.97 Å². The van der Waals surface area contributed by atoms with E-state index in [1.165, 1.54) is 12.6 Å². The molecule has 0 atom stereocenters. The molecule has 0 radical (unpaired) electrons. The van der Waals surface area contributed by atoms with Crippen LogP contribution in [0, 0.1) is 5.95 Å². The van der Waals surface area contributed by atoms with E-state index in [0.717, 1.165) is 29.8 Å². The summed E-state index contributed by atoms with van der Waals surface area (Å²) in [5.41, 5.74) is 2.82. The second-order valence-electron chi connectivity index (χ2n) is 8.49. The van der Waals surface area contributed by atoms with Gasteiger partial charge in [0.05, 0.1) is 6.10 Å². The average Bonchev–Trinajstić information content (AvgIpc) is 3.13. The molecule has 0 bridgehead atoms. The molecule has 5 rings (SSSR count). The lowest BCUT2D eigenvalue weighted by molar-refractivity contribution is 0.218. The number of aromatic nitrogens is 3. The monoisotopic (exact) mass is 431 g/mol. The Hall–Kier alpha value is -3.41. The number of ether oxygens (including phenoxy) is 2. The summed E-state index contributed by atoms with van der Waals surface area (Å²) in [5, 5.41) is 0. The van der Waals surface area contributed by atoms with Crippen LogP contribution in [-0.2, 0) is 6.61 Å². The van der Waals surface area contributed by atoms with E-state index < -0.39 is 5.95 Å². The van der Waals surface area contributed by atoms with E-state index in [1.54, 1.807) is 6.20 Å². The maximum absolute atomic E-state index is 14.8. The molecule has 0 unspecified atom stereocenters. The van der Waals surface area contributed by atoms with Crippen LogP contribution in [0.4, 0.5) is 4.39 Å². The third-order valence-electron chi connectivity index (χ3n) is 5.82. The third kappa shape index (κ3) is 3.93. The first-order chi connectivity index (χ1) is 15.6. The Kier molecular flexibility index (Phi) is 5.52. The highest BCUT2D eigenvalue weighted by molar-refractivity contribution is 5.79. The van der Waals surface area contributed by atoms with Crippen LogP contribution in [0.1, 0.15) is 50.4 Å². The summed E-state index contributed by atoms with van der Waals surface area (Å²) in [5.74, 6) is 2.00. The van der Waals surface area contributed by atoms with Gasteiger partial charge in [0.2, 0.25) is 5.95 Å². The van der Waals surface area contributed by atoms with E-state index in [-0.39, 0.29) is 6.10 Å². The second kappa shape index (κ2) is 8.61. The average molecular weight is 432 g/mol. The van der Waals surface area contributed by atoms with E-state index in [0.29, 0.717) is 35.2 Å². The van der Waals surface area contributed by atoms with Crippen LogP contribution < -0.4 is 9.47 Å². The minimum absolute atomic E-state index is 0.000208. The molecule has 1 saturated carbocycles. The molecule has 2 heterocycles. The Labute approximate surface area is 186 Å². The largest absolute Gasteiger partial charge is 0.487 e. The van der Waals surface area contributed by atoms with Gasteiger partial charge in [-0.15, -0.1) is 0 Å². The van der Waals surface area contributed by atoms with E-state index >= 15 is 0 Å². The first kappa shape index (κ1) is 20.5. The predicted molar refractivity (Wildman–Crippen MR) is 122 cm³/mol. The van der Waals surface area contributed by atoms with Gasteiger partial charge in [0.15, 0.2) is 11.5 Å². The third-order valence-corrected chi connectivity index (χ3v) is 5.82. The molecule has 0 spiro atoms. The molecular weight excluding hydrogens is 405 g/mol. The van der Waals surface area contributed by atoms with Crippen LogP contribution in [0.5, 0.6) is 11.5 Å². The van der Waals surface area contributed by atoms with Crippen molar-refractivity contribution < 1.29 is 13.9 Å². The Morgan fingerprint density at radius 3 is 2.62 bits per heavy atom. The van der Waals surface area contributed by atoms with Gasteiger partial charge in [0, 0.05) is 23.9 Å². The molecule has 1 aliphatic rings. The van der Waals surface area contributed by atoms with Crippen molar-refractivity contribution in [3.63, 3.8) is 0 Å². The molecular formula is C26H26FN3O2. The second-order valence-corrected chi connectivity index (χ2v) is 8.49. The van der Waals surface area contributed by atoms with Crippen LogP contribution in [-0.4, -0.2) is 20.5 Å². The molecule has 32 heavy (non-hydrogen) atoms. The zero-order valence-electron chi connectivity index (χ0n) is 18.3.